The van der Waals surface area contributed by atoms with E-state index < -0.39 is 5.60 Å². The maximum absolute atomic E-state index is 11.1. The molecule has 0 saturated heterocycles. The quantitative estimate of drug-likeness (QED) is 0.775. The maximum atomic E-state index is 11.1. The molecule has 0 aromatic carbocycles. The van der Waals surface area contributed by atoms with Crippen molar-refractivity contribution in [1.29, 1.82) is 0 Å². The van der Waals surface area contributed by atoms with Crippen LogP contribution >= 0.6 is 0 Å². The van der Waals surface area contributed by atoms with Gasteiger partial charge in [-0.15, -0.1) is 0 Å². The average molecular weight is 227 g/mol. The molecule has 0 aliphatic heterocycles. The molecule has 2 nitrogen and oxygen atoms in total. The van der Waals surface area contributed by atoms with Gasteiger partial charge < -0.3 is 10.8 Å². The van der Waals surface area contributed by atoms with Crippen LogP contribution in [0, 0.1) is 17.3 Å². The minimum atomic E-state index is -0.553. The Balaban J connectivity index is 3.01. The van der Waals surface area contributed by atoms with Crippen LogP contribution in [-0.2, 0) is 0 Å². The molecule has 1 saturated carbocycles. The van der Waals surface area contributed by atoms with Gasteiger partial charge in [0, 0.05) is 12.0 Å². The monoisotopic (exact) mass is 227 g/mol. The van der Waals surface area contributed by atoms with Gasteiger partial charge in [-0.25, -0.2) is 0 Å². The Bertz CT molecular complexity index is 223. The lowest BCUT2D eigenvalue weighted by Crippen LogP contribution is -2.57. The van der Waals surface area contributed by atoms with Gasteiger partial charge in [-0.3, -0.25) is 0 Å². The summed E-state index contributed by atoms with van der Waals surface area (Å²) < 4.78 is 0. The highest BCUT2D eigenvalue weighted by Gasteiger charge is 2.51. The Morgan fingerprint density at radius 2 is 2.06 bits per heavy atom. The fourth-order valence-corrected chi connectivity index (χ4v) is 3.44. The Kier molecular flexibility index (Phi) is 4.42. The molecule has 3 unspecified atom stereocenters. The van der Waals surface area contributed by atoms with E-state index in [1.54, 1.807) is 0 Å². The van der Waals surface area contributed by atoms with Crippen LogP contribution < -0.4 is 5.73 Å². The van der Waals surface area contributed by atoms with Crippen molar-refractivity contribution in [2.75, 3.05) is 6.54 Å². The summed E-state index contributed by atoms with van der Waals surface area (Å²) in [5.41, 5.74) is 5.26. The fraction of sp³-hybridized carbons (Fsp3) is 1.00. The summed E-state index contributed by atoms with van der Waals surface area (Å²) in [4.78, 5) is 0. The lowest BCUT2D eigenvalue weighted by Gasteiger charge is -2.53. The molecule has 1 rings (SSSR count). The van der Waals surface area contributed by atoms with E-state index >= 15 is 0 Å². The second kappa shape index (κ2) is 5.05. The molecule has 2 heteroatoms. The topological polar surface area (TPSA) is 46.2 Å². The Morgan fingerprint density at radius 3 is 2.50 bits per heavy atom. The van der Waals surface area contributed by atoms with Crippen molar-refractivity contribution in [1.82, 2.24) is 0 Å². The highest BCUT2D eigenvalue weighted by molar-refractivity contribution is 5.03. The van der Waals surface area contributed by atoms with Gasteiger partial charge in [-0.2, -0.15) is 0 Å². The van der Waals surface area contributed by atoms with E-state index in [4.69, 9.17) is 5.73 Å². The predicted molar refractivity (Wildman–Crippen MR) is 69.2 cm³/mol. The molecule has 1 aliphatic rings. The van der Waals surface area contributed by atoms with E-state index in [0.717, 1.165) is 25.7 Å². The Hall–Kier alpha value is -0.0800. The zero-order valence-corrected chi connectivity index (χ0v) is 11.4. The fourth-order valence-electron chi connectivity index (χ4n) is 3.44. The van der Waals surface area contributed by atoms with E-state index in [1.807, 2.05) is 0 Å². The molecule has 96 valence electrons. The van der Waals surface area contributed by atoms with Crippen molar-refractivity contribution in [3.8, 4) is 0 Å². The third-order valence-electron chi connectivity index (χ3n) is 5.02. The van der Waals surface area contributed by atoms with Gasteiger partial charge in [-0.1, -0.05) is 40.5 Å². The first-order valence-electron chi connectivity index (χ1n) is 6.83. The zero-order valence-electron chi connectivity index (χ0n) is 11.4. The number of rotatable bonds is 4. The Morgan fingerprint density at radius 1 is 1.44 bits per heavy atom. The largest absolute Gasteiger partial charge is 0.389 e. The van der Waals surface area contributed by atoms with Crippen LogP contribution in [0.2, 0.25) is 0 Å². The summed E-state index contributed by atoms with van der Waals surface area (Å²) in [5, 5.41) is 11.1. The predicted octanol–water partition coefficient (Wildman–Crippen LogP) is 2.94. The normalized spacial score (nSPS) is 35.1. The van der Waals surface area contributed by atoms with Crippen molar-refractivity contribution in [3.05, 3.63) is 0 Å². The summed E-state index contributed by atoms with van der Waals surface area (Å²) in [7, 11) is 0. The molecule has 0 heterocycles. The second-order valence-electron chi connectivity index (χ2n) is 6.14. The van der Waals surface area contributed by atoms with Crippen LogP contribution in [0.4, 0.5) is 0 Å². The highest BCUT2D eigenvalue weighted by atomic mass is 16.3. The van der Waals surface area contributed by atoms with E-state index in [2.05, 4.69) is 27.7 Å². The first-order chi connectivity index (χ1) is 7.41. The van der Waals surface area contributed by atoms with E-state index in [-0.39, 0.29) is 5.41 Å². The number of aliphatic hydroxyl groups is 1. The van der Waals surface area contributed by atoms with Crippen molar-refractivity contribution in [2.45, 2.75) is 65.4 Å². The van der Waals surface area contributed by atoms with Gasteiger partial charge in [0.25, 0.3) is 0 Å². The number of hydrogen-bond donors (Lipinski definition) is 2. The van der Waals surface area contributed by atoms with Gasteiger partial charge in [0.05, 0.1) is 5.60 Å². The number of nitrogens with two attached hydrogens (primary N) is 1. The van der Waals surface area contributed by atoms with Gasteiger partial charge in [-0.05, 0) is 31.1 Å². The molecule has 1 fully saturated rings. The van der Waals surface area contributed by atoms with Crippen molar-refractivity contribution < 1.29 is 5.11 Å². The Labute approximate surface area is 101 Å². The van der Waals surface area contributed by atoms with Gasteiger partial charge in [0.15, 0.2) is 0 Å². The van der Waals surface area contributed by atoms with Crippen LogP contribution in [0.3, 0.4) is 0 Å². The lowest BCUT2D eigenvalue weighted by atomic mass is 9.57. The zero-order chi connectivity index (χ0) is 12.4. The summed E-state index contributed by atoms with van der Waals surface area (Å²) in [6, 6.07) is 0. The molecular weight excluding hydrogens is 198 g/mol. The van der Waals surface area contributed by atoms with Crippen LogP contribution in [0.15, 0.2) is 0 Å². The third kappa shape index (κ3) is 2.14. The van der Waals surface area contributed by atoms with Crippen molar-refractivity contribution in [3.63, 3.8) is 0 Å². The van der Waals surface area contributed by atoms with Crippen molar-refractivity contribution >= 4 is 0 Å². The SMILES string of the molecule is CCC(C)(CN)C1(O)CCCCC1C(C)C. The molecule has 3 atom stereocenters. The van der Waals surface area contributed by atoms with E-state index in [1.165, 1.54) is 6.42 Å². The minimum absolute atomic E-state index is 0.123. The first kappa shape index (κ1) is 14.0. The van der Waals surface area contributed by atoms with Crippen LogP contribution in [0.25, 0.3) is 0 Å². The highest BCUT2D eigenvalue weighted by Crippen LogP contribution is 2.49. The summed E-state index contributed by atoms with van der Waals surface area (Å²) in [6.45, 7) is 9.36. The van der Waals surface area contributed by atoms with Gasteiger partial charge in [0.2, 0.25) is 0 Å². The smallest absolute Gasteiger partial charge is 0.0743 e. The molecule has 0 bridgehead atoms. The molecule has 0 aromatic heterocycles. The standard InChI is InChI=1S/C14H29NO/c1-5-13(4,10-15)14(16)9-7-6-8-12(14)11(2)3/h11-12,16H,5-10,15H2,1-4H3. The van der Waals surface area contributed by atoms with Crippen LogP contribution in [0.1, 0.15) is 59.8 Å². The molecule has 3 N–H and O–H groups in total. The second-order valence-corrected chi connectivity index (χ2v) is 6.14. The van der Waals surface area contributed by atoms with E-state index in [0.29, 0.717) is 18.4 Å². The molecule has 1 aliphatic carbocycles. The molecule has 0 spiro atoms. The summed E-state index contributed by atoms with van der Waals surface area (Å²) in [6.07, 6.45) is 5.45. The average Bonchev–Trinajstić information content (AvgIpc) is 2.28. The molecular formula is C14H29NO. The van der Waals surface area contributed by atoms with E-state index in [9.17, 15) is 5.11 Å². The maximum Gasteiger partial charge on any atom is 0.0743 e. The lowest BCUT2D eigenvalue weighted by molar-refractivity contribution is -0.151. The van der Waals surface area contributed by atoms with Crippen LogP contribution in [-0.4, -0.2) is 17.3 Å². The molecule has 0 amide bonds. The van der Waals surface area contributed by atoms with Gasteiger partial charge in [0.1, 0.15) is 0 Å². The summed E-state index contributed by atoms with van der Waals surface area (Å²) in [5.74, 6) is 0.956. The summed E-state index contributed by atoms with van der Waals surface area (Å²) >= 11 is 0. The third-order valence-corrected chi connectivity index (χ3v) is 5.02. The van der Waals surface area contributed by atoms with Crippen molar-refractivity contribution in [2.24, 2.45) is 23.0 Å². The molecule has 0 radical (unpaired) electrons. The minimum Gasteiger partial charge on any atom is -0.389 e. The van der Waals surface area contributed by atoms with Gasteiger partial charge >= 0.3 is 0 Å². The van der Waals surface area contributed by atoms with Crippen LogP contribution in [0.5, 0.6) is 0 Å². The molecule has 0 aromatic rings. The molecule has 16 heavy (non-hydrogen) atoms. The number of hydrogen-bond acceptors (Lipinski definition) is 2. The first-order valence-corrected chi connectivity index (χ1v) is 6.83.